The fourth-order valence-electron chi connectivity index (χ4n) is 3.05. The molecule has 27 heavy (non-hydrogen) atoms. The van der Waals surface area contributed by atoms with Crippen LogP contribution in [0.4, 0.5) is 5.69 Å². The van der Waals surface area contributed by atoms with Crippen LogP contribution < -0.4 is 5.32 Å². The minimum absolute atomic E-state index is 0.00965. The molecule has 0 aliphatic carbocycles. The minimum atomic E-state index is -0.0501. The van der Waals surface area contributed by atoms with Gasteiger partial charge in [-0.2, -0.15) is 5.26 Å². The maximum Gasteiger partial charge on any atom is 0.225 e. The lowest BCUT2D eigenvalue weighted by molar-refractivity contribution is -0.116. The van der Waals surface area contributed by atoms with E-state index in [4.69, 9.17) is 5.26 Å². The zero-order valence-corrected chi connectivity index (χ0v) is 15.6. The molecular formula is C24H22N2O. The highest BCUT2D eigenvalue weighted by Gasteiger charge is 2.18. The van der Waals surface area contributed by atoms with Gasteiger partial charge in [-0.05, 0) is 49.2 Å². The number of hydrogen-bond acceptors (Lipinski definition) is 2. The van der Waals surface area contributed by atoms with Crippen molar-refractivity contribution in [3.63, 3.8) is 0 Å². The van der Waals surface area contributed by atoms with Crippen LogP contribution in [0, 0.1) is 25.2 Å². The van der Waals surface area contributed by atoms with Gasteiger partial charge >= 0.3 is 0 Å². The van der Waals surface area contributed by atoms with Gasteiger partial charge in [-0.1, -0.05) is 59.7 Å². The summed E-state index contributed by atoms with van der Waals surface area (Å²) < 4.78 is 0. The molecule has 0 atom stereocenters. The van der Waals surface area contributed by atoms with Crippen molar-refractivity contribution in [1.29, 1.82) is 5.26 Å². The lowest BCUT2D eigenvalue weighted by Gasteiger charge is -2.18. The van der Waals surface area contributed by atoms with Crippen molar-refractivity contribution in [1.82, 2.24) is 0 Å². The highest BCUT2D eigenvalue weighted by molar-refractivity contribution is 5.91. The third-order valence-corrected chi connectivity index (χ3v) is 4.65. The third kappa shape index (κ3) is 4.83. The molecule has 3 aromatic carbocycles. The molecule has 0 unspecified atom stereocenters. The van der Waals surface area contributed by atoms with Crippen LogP contribution in [0.2, 0.25) is 0 Å². The van der Waals surface area contributed by atoms with Crippen molar-refractivity contribution in [3.8, 4) is 6.07 Å². The molecule has 0 fully saturated rings. The molecule has 3 nitrogen and oxygen atoms in total. The maximum absolute atomic E-state index is 12.7. The second-order valence-electron chi connectivity index (χ2n) is 6.82. The van der Waals surface area contributed by atoms with Gasteiger partial charge in [0.15, 0.2) is 0 Å². The van der Waals surface area contributed by atoms with Crippen LogP contribution in [0.1, 0.15) is 40.2 Å². The Morgan fingerprint density at radius 1 is 0.852 bits per heavy atom. The van der Waals surface area contributed by atoms with Crippen LogP contribution in [0.25, 0.3) is 0 Å². The molecule has 0 saturated carbocycles. The van der Waals surface area contributed by atoms with E-state index in [0.717, 1.165) is 11.1 Å². The fourth-order valence-corrected chi connectivity index (χ4v) is 3.05. The van der Waals surface area contributed by atoms with Gasteiger partial charge < -0.3 is 5.32 Å². The van der Waals surface area contributed by atoms with Crippen molar-refractivity contribution in [2.75, 3.05) is 5.32 Å². The van der Waals surface area contributed by atoms with Crippen LogP contribution in [0.15, 0.2) is 72.8 Å². The molecule has 0 aliphatic heterocycles. The van der Waals surface area contributed by atoms with Crippen LogP contribution >= 0.6 is 0 Å². The smallest absolute Gasteiger partial charge is 0.225 e. The number of amides is 1. The van der Waals surface area contributed by atoms with E-state index < -0.39 is 0 Å². The van der Waals surface area contributed by atoms with Crippen molar-refractivity contribution in [2.45, 2.75) is 26.2 Å². The van der Waals surface area contributed by atoms with Gasteiger partial charge in [0, 0.05) is 18.0 Å². The van der Waals surface area contributed by atoms with E-state index >= 15 is 0 Å². The monoisotopic (exact) mass is 354 g/mol. The summed E-state index contributed by atoms with van der Waals surface area (Å²) >= 11 is 0. The summed E-state index contributed by atoms with van der Waals surface area (Å²) in [7, 11) is 0. The molecular weight excluding hydrogens is 332 g/mol. The van der Waals surface area contributed by atoms with Crippen LogP contribution in [-0.2, 0) is 4.79 Å². The lowest BCUT2D eigenvalue weighted by Crippen LogP contribution is -2.16. The molecule has 0 aromatic heterocycles. The average molecular weight is 354 g/mol. The Kier molecular flexibility index (Phi) is 5.68. The first-order chi connectivity index (χ1) is 13.0. The predicted octanol–water partition coefficient (Wildman–Crippen LogP) is 5.34. The quantitative estimate of drug-likeness (QED) is 0.673. The van der Waals surface area contributed by atoms with Crippen LogP contribution in [-0.4, -0.2) is 5.91 Å². The van der Waals surface area contributed by atoms with E-state index in [2.05, 4.69) is 73.8 Å². The number of rotatable bonds is 5. The Morgan fingerprint density at radius 2 is 1.33 bits per heavy atom. The summed E-state index contributed by atoms with van der Waals surface area (Å²) in [5.74, 6) is -0.0598. The first-order valence-corrected chi connectivity index (χ1v) is 8.98. The van der Waals surface area contributed by atoms with Gasteiger partial charge in [0.2, 0.25) is 5.91 Å². The highest BCUT2D eigenvalue weighted by Crippen LogP contribution is 2.29. The van der Waals surface area contributed by atoms with E-state index in [0.29, 0.717) is 17.7 Å². The molecule has 3 aromatic rings. The predicted molar refractivity (Wildman–Crippen MR) is 109 cm³/mol. The summed E-state index contributed by atoms with van der Waals surface area (Å²) in [5.41, 5.74) is 5.92. The van der Waals surface area contributed by atoms with Gasteiger partial charge in [0.25, 0.3) is 0 Å². The Labute approximate surface area is 160 Å². The third-order valence-electron chi connectivity index (χ3n) is 4.65. The molecule has 0 radical (unpaired) electrons. The van der Waals surface area contributed by atoms with E-state index in [1.54, 1.807) is 24.3 Å². The van der Waals surface area contributed by atoms with Gasteiger partial charge in [-0.15, -0.1) is 0 Å². The summed E-state index contributed by atoms with van der Waals surface area (Å²) in [4.78, 5) is 12.7. The Balaban J connectivity index is 1.81. The molecule has 134 valence electrons. The summed E-state index contributed by atoms with van der Waals surface area (Å²) in [6, 6.07) is 25.7. The van der Waals surface area contributed by atoms with Gasteiger partial charge in [0.1, 0.15) is 0 Å². The molecule has 0 heterocycles. The van der Waals surface area contributed by atoms with E-state index in [-0.39, 0.29) is 11.8 Å². The largest absolute Gasteiger partial charge is 0.326 e. The first kappa shape index (κ1) is 18.4. The molecule has 0 spiro atoms. The number of nitrogens with zero attached hydrogens (tertiary/aromatic N) is 1. The number of carbonyl (C=O) groups excluding carboxylic acids is 1. The average Bonchev–Trinajstić information content (AvgIpc) is 2.68. The van der Waals surface area contributed by atoms with E-state index in [1.165, 1.54) is 11.1 Å². The van der Waals surface area contributed by atoms with E-state index in [1.807, 2.05) is 0 Å². The van der Waals surface area contributed by atoms with Gasteiger partial charge in [-0.3, -0.25) is 4.79 Å². The normalized spacial score (nSPS) is 10.4. The van der Waals surface area contributed by atoms with Crippen molar-refractivity contribution < 1.29 is 4.79 Å². The van der Waals surface area contributed by atoms with E-state index in [9.17, 15) is 4.79 Å². The topological polar surface area (TPSA) is 52.9 Å². The lowest BCUT2D eigenvalue weighted by atomic mass is 9.87. The van der Waals surface area contributed by atoms with Crippen LogP contribution in [0.5, 0.6) is 0 Å². The highest BCUT2D eigenvalue weighted by atomic mass is 16.1. The maximum atomic E-state index is 12.7. The molecule has 0 bridgehead atoms. The van der Waals surface area contributed by atoms with Crippen LogP contribution in [0.3, 0.4) is 0 Å². The molecule has 0 saturated heterocycles. The standard InChI is InChI=1S/C24H22N2O/c1-17-3-9-20(10-4-17)23(21-11-5-18(2)6-12-21)15-24(27)26-22-13-7-19(16-25)8-14-22/h3-14,23H,15H2,1-2H3,(H,26,27). The number of anilines is 1. The molecule has 3 rings (SSSR count). The second-order valence-corrected chi connectivity index (χ2v) is 6.82. The molecule has 1 N–H and O–H groups in total. The van der Waals surface area contributed by atoms with Crippen molar-refractivity contribution >= 4 is 11.6 Å². The Hall–Kier alpha value is -3.38. The number of nitriles is 1. The van der Waals surface area contributed by atoms with Crippen molar-refractivity contribution in [2.24, 2.45) is 0 Å². The number of benzene rings is 3. The zero-order chi connectivity index (χ0) is 19.2. The summed E-state index contributed by atoms with van der Waals surface area (Å²) in [6.07, 6.45) is 0.353. The summed E-state index contributed by atoms with van der Waals surface area (Å²) in [5, 5.41) is 11.8. The number of carbonyl (C=O) groups is 1. The fraction of sp³-hybridized carbons (Fsp3) is 0.167. The Morgan fingerprint density at radius 3 is 1.78 bits per heavy atom. The summed E-state index contributed by atoms with van der Waals surface area (Å²) in [6.45, 7) is 4.12. The first-order valence-electron chi connectivity index (χ1n) is 8.98. The number of hydrogen-bond donors (Lipinski definition) is 1. The Bertz CT molecular complexity index is 904. The number of aryl methyl sites for hydroxylation is 2. The molecule has 3 heteroatoms. The van der Waals surface area contributed by atoms with Crippen molar-refractivity contribution in [3.05, 3.63) is 101 Å². The van der Waals surface area contributed by atoms with Gasteiger partial charge in [-0.25, -0.2) is 0 Å². The SMILES string of the molecule is Cc1ccc(C(CC(=O)Nc2ccc(C#N)cc2)c2ccc(C)cc2)cc1. The second kappa shape index (κ2) is 8.33. The van der Waals surface area contributed by atoms with Gasteiger partial charge in [0.05, 0.1) is 11.6 Å². The zero-order valence-electron chi connectivity index (χ0n) is 15.6. The molecule has 0 aliphatic rings. The minimum Gasteiger partial charge on any atom is -0.326 e. The molecule has 1 amide bonds. The number of nitrogens with one attached hydrogen (secondary N) is 1.